The number of piperidine rings is 1. The fourth-order valence-electron chi connectivity index (χ4n) is 4.56. The van der Waals surface area contributed by atoms with Crippen LogP contribution in [0.1, 0.15) is 39.9 Å². The molecule has 1 atom stereocenters. The van der Waals surface area contributed by atoms with Crippen LogP contribution >= 0.6 is 11.3 Å². The molecule has 2 amide bonds. The number of benzene rings is 1. The maximum absolute atomic E-state index is 12.8. The highest BCUT2D eigenvalue weighted by Crippen LogP contribution is 2.23. The van der Waals surface area contributed by atoms with E-state index in [9.17, 15) is 9.59 Å². The third-order valence-electron chi connectivity index (χ3n) is 6.47. The number of aryl methyl sites for hydroxylation is 1. The zero-order valence-electron chi connectivity index (χ0n) is 20.2. The Balaban J connectivity index is 1.20. The molecule has 0 radical (unpaired) electrons. The number of hydrogen-bond acceptors (Lipinski definition) is 6. The van der Waals surface area contributed by atoms with Gasteiger partial charge in [0.05, 0.1) is 18.1 Å². The summed E-state index contributed by atoms with van der Waals surface area (Å²) in [5.74, 6) is 1.37. The number of ether oxygens (including phenoxy) is 2. The summed E-state index contributed by atoms with van der Waals surface area (Å²) >= 11 is 1.57. The van der Waals surface area contributed by atoms with Crippen LogP contribution in [0.25, 0.3) is 0 Å². The number of nitrogens with zero attached hydrogens (tertiary/aromatic N) is 3. The van der Waals surface area contributed by atoms with Gasteiger partial charge >= 0.3 is 6.09 Å². The Morgan fingerprint density at radius 1 is 1.00 bits per heavy atom. The SMILES string of the molecule is CCOC(=O)N1CCN(Cc2ccc(OC[C@@H]3CCCN(C(=O)c4ccc(C)s4)C3)cc2)CC1. The van der Waals surface area contributed by atoms with Gasteiger partial charge in [-0.3, -0.25) is 9.69 Å². The Labute approximate surface area is 206 Å². The van der Waals surface area contributed by atoms with E-state index in [-0.39, 0.29) is 12.0 Å². The molecule has 184 valence electrons. The summed E-state index contributed by atoms with van der Waals surface area (Å²) in [5, 5.41) is 0. The second kappa shape index (κ2) is 11.7. The van der Waals surface area contributed by atoms with E-state index in [1.165, 1.54) is 10.4 Å². The predicted molar refractivity (Wildman–Crippen MR) is 133 cm³/mol. The zero-order valence-corrected chi connectivity index (χ0v) is 21.0. The number of likely N-dealkylation sites (tertiary alicyclic amines) is 1. The monoisotopic (exact) mass is 485 g/mol. The van der Waals surface area contributed by atoms with Gasteiger partial charge in [0.1, 0.15) is 5.75 Å². The van der Waals surface area contributed by atoms with E-state index >= 15 is 0 Å². The van der Waals surface area contributed by atoms with Gasteiger partial charge in [0.15, 0.2) is 0 Å². The molecule has 2 fully saturated rings. The van der Waals surface area contributed by atoms with Crippen LogP contribution in [-0.4, -0.2) is 79.2 Å². The lowest BCUT2D eigenvalue weighted by molar-refractivity contribution is 0.0637. The van der Waals surface area contributed by atoms with Crippen LogP contribution in [0.5, 0.6) is 5.75 Å². The minimum Gasteiger partial charge on any atom is -0.493 e. The smallest absolute Gasteiger partial charge is 0.409 e. The largest absolute Gasteiger partial charge is 0.493 e. The number of carbonyl (C=O) groups is 2. The van der Waals surface area contributed by atoms with Gasteiger partial charge in [-0.05, 0) is 56.5 Å². The van der Waals surface area contributed by atoms with Crippen molar-refractivity contribution in [3.8, 4) is 5.75 Å². The molecule has 0 aliphatic carbocycles. The number of piperazine rings is 1. The second-order valence-corrected chi connectivity index (χ2v) is 10.4. The average Bonchev–Trinajstić information content (AvgIpc) is 3.30. The molecule has 0 unspecified atom stereocenters. The number of thiophene rings is 1. The molecule has 1 aromatic heterocycles. The van der Waals surface area contributed by atoms with E-state index < -0.39 is 0 Å². The highest BCUT2D eigenvalue weighted by atomic mass is 32.1. The Morgan fingerprint density at radius 3 is 2.44 bits per heavy atom. The highest BCUT2D eigenvalue weighted by molar-refractivity contribution is 7.13. The summed E-state index contributed by atoms with van der Waals surface area (Å²) in [7, 11) is 0. The molecule has 0 bridgehead atoms. The Kier molecular flexibility index (Phi) is 8.45. The van der Waals surface area contributed by atoms with Gasteiger partial charge in [-0.1, -0.05) is 12.1 Å². The normalized spacial score (nSPS) is 19.2. The van der Waals surface area contributed by atoms with E-state index in [2.05, 4.69) is 17.0 Å². The fraction of sp³-hybridized carbons (Fsp3) is 0.538. The van der Waals surface area contributed by atoms with Crippen molar-refractivity contribution < 1.29 is 19.1 Å². The minimum atomic E-state index is -0.212. The molecule has 2 saturated heterocycles. The molecule has 2 aromatic rings. The predicted octanol–water partition coefficient (Wildman–Crippen LogP) is 4.26. The van der Waals surface area contributed by atoms with Gasteiger partial charge in [-0.25, -0.2) is 4.79 Å². The lowest BCUT2D eigenvalue weighted by Crippen LogP contribution is -2.48. The van der Waals surface area contributed by atoms with Crippen molar-refractivity contribution in [2.24, 2.45) is 5.92 Å². The number of carbonyl (C=O) groups excluding carboxylic acids is 2. The van der Waals surface area contributed by atoms with Crippen LogP contribution in [0, 0.1) is 12.8 Å². The minimum absolute atomic E-state index is 0.148. The van der Waals surface area contributed by atoms with Gasteiger partial charge in [0, 0.05) is 56.6 Å². The molecule has 4 rings (SSSR count). The molecule has 34 heavy (non-hydrogen) atoms. The van der Waals surface area contributed by atoms with Gasteiger partial charge < -0.3 is 19.3 Å². The third-order valence-corrected chi connectivity index (χ3v) is 7.46. The van der Waals surface area contributed by atoms with E-state index in [1.807, 2.05) is 43.0 Å². The van der Waals surface area contributed by atoms with E-state index in [1.54, 1.807) is 16.2 Å². The number of hydrogen-bond donors (Lipinski definition) is 0. The highest BCUT2D eigenvalue weighted by Gasteiger charge is 2.26. The molecule has 2 aliphatic heterocycles. The Hall–Kier alpha value is -2.58. The second-order valence-electron chi connectivity index (χ2n) is 9.09. The third kappa shape index (κ3) is 6.51. The summed E-state index contributed by atoms with van der Waals surface area (Å²) in [6.07, 6.45) is 1.89. The van der Waals surface area contributed by atoms with Crippen LogP contribution in [0.15, 0.2) is 36.4 Å². The van der Waals surface area contributed by atoms with E-state index in [0.717, 1.165) is 56.2 Å². The van der Waals surface area contributed by atoms with Crippen molar-refractivity contribution in [3.05, 3.63) is 51.7 Å². The lowest BCUT2D eigenvalue weighted by Gasteiger charge is -2.34. The molecule has 0 spiro atoms. The summed E-state index contributed by atoms with van der Waals surface area (Å²) in [6, 6.07) is 12.2. The Morgan fingerprint density at radius 2 is 1.76 bits per heavy atom. The summed E-state index contributed by atoms with van der Waals surface area (Å²) in [5.41, 5.74) is 1.23. The van der Waals surface area contributed by atoms with Crippen LogP contribution in [0.2, 0.25) is 0 Å². The van der Waals surface area contributed by atoms with Crippen LogP contribution in [-0.2, 0) is 11.3 Å². The molecule has 0 N–H and O–H groups in total. The fourth-order valence-corrected chi connectivity index (χ4v) is 5.39. The average molecular weight is 486 g/mol. The van der Waals surface area contributed by atoms with Gasteiger partial charge in [0.25, 0.3) is 5.91 Å². The van der Waals surface area contributed by atoms with Crippen molar-refractivity contribution in [1.29, 1.82) is 0 Å². The van der Waals surface area contributed by atoms with Gasteiger partial charge in [-0.15, -0.1) is 11.3 Å². The van der Waals surface area contributed by atoms with Gasteiger partial charge in [0.2, 0.25) is 0 Å². The van der Waals surface area contributed by atoms with Crippen molar-refractivity contribution in [2.45, 2.75) is 33.2 Å². The lowest BCUT2D eigenvalue weighted by atomic mass is 9.99. The first kappa shape index (κ1) is 24.5. The molecular formula is C26H35N3O4S. The first-order valence-corrected chi connectivity index (χ1v) is 13.0. The van der Waals surface area contributed by atoms with Crippen molar-refractivity contribution in [2.75, 3.05) is 52.5 Å². The van der Waals surface area contributed by atoms with Crippen LogP contribution in [0.3, 0.4) is 0 Å². The topological polar surface area (TPSA) is 62.3 Å². The molecule has 2 aliphatic rings. The van der Waals surface area contributed by atoms with Crippen LogP contribution in [0.4, 0.5) is 4.79 Å². The van der Waals surface area contributed by atoms with E-state index in [4.69, 9.17) is 9.47 Å². The molecule has 1 aromatic carbocycles. The van der Waals surface area contributed by atoms with E-state index in [0.29, 0.717) is 32.2 Å². The quantitative estimate of drug-likeness (QED) is 0.586. The molecule has 3 heterocycles. The summed E-state index contributed by atoms with van der Waals surface area (Å²) in [4.78, 5) is 32.7. The Bertz CT molecular complexity index is 953. The standard InChI is InChI=1S/C26H35N3O4S/c1-3-32-26(31)28-15-13-27(14-16-28)17-21-7-9-23(10-8-21)33-19-22-5-4-12-29(18-22)25(30)24-11-6-20(2)34-24/h6-11,22H,3-5,12-19H2,1-2H3/t22-/m1/s1. The first-order chi connectivity index (χ1) is 16.5. The molecule has 8 heteroatoms. The maximum Gasteiger partial charge on any atom is 0.409 e. The first-order valence-electron chi connectivity index (χ1n) is 12.2. The van der Waals surface area contributed by atoms with Crippen molar-refractivity contribution in [1.82, 2.24) is 14.7 Å². The number of amides is 2. The summed E-state index contributed by atoms with van der Waals surface area (Å²) < 4.78 is 11.2. The van der Waals surface area contributed by atoms with Gasteiger partial charge in [-0.2, -0.15) is 0 Å². The number of rotatable bonds is 7. The van der Waals surface area contributed by atoms with Crippen molar-refractivity contribution >= 4 is 23.3 Å². The summed E-state index contributed by atoms with van der Waals surface area (Å²) in [6.45, 7) is 10.4. The zero-order chi connectivity index (χ0) is 23.9. The maximum atomic E-state index is 12.8. The molecule has 0 saturated carbocycles. The molecule has 7 nitrogen and oxygen atoms in total. The van der Waals surface area contributed by atoms with Crippen molar-refractivity contribution in [3.63, 3.8) is 0 Å². The van der Waals surface area contributed by atoms with Crippen LogP contribution < -0.4 is 4.74 Å². The molecular weight excluding hydrogens is 450 g/mol.